The van der Waals surface area contributed by atoms with E-state index in [0.29, 0.717) is 0 Å². The molecule has 44 heavy (non-hydrogen) atoms. The van der Waals surface area contributed by atoms with Crippen molar-refractivity contribution in [2.75, 3.05) is 0 Å². The zero-order valence-corrected chi connectivity index (χ0v) is 24.2. The van der Waals surface area contributed by atoms with Gasteiger partial charge < -0.3 is 0 Å². The molecule has 204 valence electrons. The monoisotopic (exact) mass is 556 g/mol. The minimum Gasteiger partial charge on any atom is -0.0610 e. The van der Waals surface area contributed by atoms with Crippen LogP contribution in [0, 0.1) is 0 Å². The Morgan fingerprint density at radius 3 is 0.591 bits per heavy atom. The first-order valence-electron chi connectivity index (χ1n) is 15.3. The van der Waals surface area contributed by atoms with Gasteiger partial charge in [0, 0.05) is 0 Å². The van der Waals surface area contributed by atoms with Crippen molar-refractivity contribution in [1.82, 2.24) is 0 Å². The fraction of sp³-hybridized carbons (Fsp3) is 0. The van der Waals surface area contributed by atoms with Gasteiger partial charge in [0.15, 0.2) is 0 Å². The van der Waals surface area contributed by atoms with E-state index in [1.807, 2.05) is 0 Å². The van der Waals surface area contributed by atoms with Crippen LogP contribution >= 0.6 is 0 Å². The van der Waals surface area contributed by atoms with E-state index in [0.717, 1.165) is 0 Å². The van der Waals surface area contributed by atoms with Crippen LogP contribution < -0.4 is 0 Å². The fourth-order valence-electron chi connectivity index (χ4n) is 7.01. The van der Waals surface area contributed by atoms with Crippen molar-refractivity contribution in [3.05, 3.63) is 170 Å². The van der Waals surface area contributed by atoms with Gasteiger partial charge in [-0.3, -0.25) is 0 Å². The van der Waals surface area contributed by atoms with Crippen molar-refractivity contribution >= 4 is 86.2 Å². The zero-order valence-electron chi connectivity index (χ0n) is 24.2. The molecule has 0 aliphatic rings. The van der Waals surface area contributed by atoms with Gasteiger partial charge in [-0.1, -0.05) is 170 Å². The standard InChI is InChI=1S/C44H28/c1-5-37-6-2-10-40-34-23-15-31(16-24-34)32-19-27-36(28-20-32)42-12-4-8-38-7-3-11-41(44(38)42)35-25-17-30(18-26-35)29-13-21-33(22-14-29)39(9-1)43(37)40/h1-28H. The lowest BCUT2D eigenvalue weighted by atomic mass is 9.97. The molecule has 15 aromatic rings. The molecule has 0 aromatic heterocycles. The number of benzene rings is 8. The van der Waals surface area contributed by atoms with Crippen LogP contribution in [0.2, 0.25) is 0 Å². The molecular formula is C44H28. The maximum atomic E-state index is 2.27. The maximum Gasteiger partial charge on any atom is -0.00268 e. The Labute approximate surface area is 255 Å². The van der Waals surface area contributed by atoms with Crippen LogP contribution in [0.1, 0.15) is 0 Å². The number of rotatable bonds is 0. The first kappa shape index (κ1) is 24.8. The van der Waals surface area contributed by atoms with Crippen molar-refractivity contribution < 1.29 is 0 Å². The second kappa shape index (κ2) is 9.93. The summed E-state index contributed by atoms with van der Waals surface area (Å²) in [5.74, 6) is 0. The third-order valence-corrected chi connectivity index (χ3v) is 9.26. The van der Waals surface area contributed by atoms with Crippen LogP contribution in [-0.2, 0) is 0 Å². The summed E-state index contributed by atoms with van der Waals surface area (Å²) in [6.45, 7) is 0. The van der Waals surface area contributed by atoms with Crippen molar-refractivity contribution in [3.63, 3.8) is 0 Å². The third kappa shape index (κ3) is 4.00. The first-order chi connectivity index (χ1) is 21.8. The molecule has 0 amide bonds. The van der Waals surface area contributed by atoms with E-state index >= 15 is 0 Å². The van der Waals surface area contributed by atoms with E-state index in [4.69, 9.17) is 0 Å². The molecule has 0 heterocycles. The summed E-state index contributed by atoms with van der Waals surface area (Å²) in [7, 11) is 0. The summed E-state index contributed by atoms with van der Waals surface area (Å²) in [5, 5.41) is 19.9. The van der Waals surface area contributed by atoms with E-state index in [1.54, 1.807) is 0 Å². The molecule has 0 saturated carbocycles. The Bertz CT molecular complexity index is 2260. The van der Waals surface area contributed by atoms with E-state index in [9.17, 15) is 0 Å². The summed E-state index contributed by atoms with van der Waals surface area (Å²) in [6, 6.07) is 62.8. The van der Waals surface area contributed by atoms with Crippen molar-refractivity contribution in [2.45, 2.75) is 0 Å². The van der Waals surface area contributed by atoms with Gasteiger partial charge in [0.1, 0.15) is 0 Å². The second-order valence-corrected chi connectivity index (χ2v) is 11.7. The van der Waals surface area contributed by atoms with Gasteiger partial charge in [-0.25, -0.2) is 0 Å². The van der Waals surface area contributed by atoms with Crippen LogP contribution in [0.3, 0.4) is 0 Å². The molecule has 8 bridgehead atoms. The van der Waals surface area contributed by atoms with E-state index in [-0.39, 0.29) is 0 Å². The van der Waals surface area contributed by atoms with Gasteiger partial charge in [0.25, 0.3) is 0 Å². The Morgan fingerprint density at radius 2 is 0.364 bits per heavy atom. The Hall–Kier alpha value is -5.72. The highest BCUT2D eigenvalue weighted by Crippen LogP contribution is 2.33. The largest absolute Gasteiger partial charge is 0.0610 e. The predicted octanol–water partition coefficient (Wildman–Crippen LogP) is 12.6. The molecule has 0 N–H and O–H groups in total. The Balaban J connectivity index is 1.45. The van der Waals surface area contributed by atoms with Gasteiger partial charge in [0.05, 0.1) is 0 Å². The van der Waals surface area contributed by atoms with Gasteiger partial charge in [0.2, 0.25) is 0 Å². The molecule has 0 fully saturated rings. The molecule has 0 saturated heterocycles. The quantitative estimate of drug-likeness (QED) is 0.174. The second-order valence-electron chi connectivity index (χ2n) is 11.7. The number of hydrogen-bond acceptors (Lipinski definition) is 0. The van der Waals surface area contributed by atoms with E-state index in [1.165, 1.54) is 86.2 Å². The van der Waals surface area contributed by atoms with Crippen LogP contribution in [0.4, 0.5) is 0 Å². The SMILES string of the molecule is c1cc2cccc3c4ccc(cc4)c4ccc(cc4)c4cccc5cccc(c6ccc(cc6)c6ccc(cc6)c(c1)c23)c54. The average Bonchev–Trinajstić information content (AvgIpc) is 3.11. The van der Waals surface area contributed by atoms with E-state index in [2.05, 4.69) is 170 Å². The fourth-order valence-corrected chi connectivity index (χ4v) is 7.01. The molecule has 0 aliphatic carbocycles. The zero-order chi connectivity index (χ0) is 29.0. The van der Waals surface area contributed by atoms with E-state index < -0.39 is 0 Å². The maximum absolute atomic E-state index is 2.27. The Kier molecular flexibility index (Phi) is 5.61. The molecular weight excluding hydrogens is 528 g/mol. The summed E-state index contributed by atoms with van der Waals surface area (Å²) in [5.41, 5.74) is 0. The lowest BCUT2D eigenvalue weighted by molar-refractivity contribution is 1.78. The van der Waals surface area contributed by atoms with Gasteiger partial charge in [-0.15, -0.1) is 0 Å². The van der Waals surface area contributed by atoms with Crippen LogP contribution in [0.25, 0.3) is 86.2 Å². The average molecular weight is 557 g/mol. The minimum absolute atomic E-state index is 1.22. The highest BCUT2D eigenvalue weighted by molar-refractivity contribution is 6.20. The first-order valence-corrected chi connectivity index (χ1v) is 15.3. The van der Waals surface area contributed by atoms with Crippen LogP contribution in [-0.4, -0.2) is 0 Å². The van der Waals surface area contributed by atoms with Gasteiger partial charge in [-0.2, -0.15) is 0 Å². The molecule has 0 radical (unpaired) electrons. The molecule has 15 aromatic carbocycles. The van der Waals surface area contributed by atoms with Crippen molar-refractivity contribution in [1.29, 1.82) is 0 Å². The topological polar surface area (TPSA) is 0 Å². The molecule has 0 atom stereocenters. The highest BCUT2D eigenvalue weighted by atomic mass is 14.1. The van der Waals surface area contributed by atoms with Gasteiger partial charge in [-0.05, 0) is 86.2 Å². The molecule has 0 aliphatic heterocycles. The minimum atomic E-state index is 1.22. The normalized spacial score (nSPS) is 11.6. The molecule has 0 spiro atoms. The lowest BCUT2D eigenvalue weighted by Gasteiger charge is -2.07. The summed E-state index contributed by atoms with van der Waals surface area (Å²) >= 11 is 0. The van der Waals surface area contributed by atoms with Crippen LogP contribution in [0.5, 0.6) is 0 Å². The third-order valence-electron chi connectivity index (χ3n) is 9.26. The highest BCUT2D eigenvalue weighted by Gasteiger charge is 2.05. The summed E-state index contributed by atoms with van der Waals surface area (Å²) in [6.07, 6.45) is 0. The lowest BCUT2D eigenvalue weighted by Crippen LogP contribution is -1.80. The Morgan fingerprint density at radius 1 is 0.159 bits per heavy atom. The summed E-state index contributed by atoms with van der Waals surface area (Å²) in [4.78, 5) is 0. The smallest absolute Gasteiger partial charge is 0.00268 e. The number of hydrogen-bond donors (Lipinski definition) is 0. The van der Waals surface area contributed by atoms with Crippen molar-refractivity contribution in [3.8, 4) is 0 Å². The van der Waals surface area contributed by atoms with Crippen molar-refractivity contribution in [2.24, 2.45) is 0 Å². The van der Waals surface area contributed by atoms with Gasteiger partial charge >= 0.3 is 0 Å². The molecule has 15 rings (SSSR count). The van der Waals surface area contributed by atoms with Crippen LogP contribution in [0.15, 0.2) is 170 Å². The molecule has 0 heteroatoms. The summed E-state index contributed by atoms with van der Waals surface area (Å²) < 4.78 is 0. The molecule has 0 nitrogen and oxygen atoms in total. The molecule has 0 unspecified atom stereocenters. The predicted molar refractivity (Wildman–Crippen MR) is 193 cm³/mol.